The van der Waals surface area contributed by atoms with Gasteiger partial charge < -0.3 is 4.90 Å². The minimum atomic E-state index is -0.317. The number of aromatic nitrogens is 3. The number of nitrogens with zero attached hydrogens (tertiary/aromatic N) is 4. The van der Waals surface area contributed by atoms with E-state index in [2.05, 4.69) is 22.2 Å². The van der Waals surface area contributed by atoms with Gasteiger partial charge >= 0.3 is 0 Å². The molecular formula is C23H22N4O2. The average molecular weight is 386 g/mol. The zero-order valence-electron chi connectivity index (χ0n) is 16.1. The van der Waals surface area contributed by atoms with Crippen LogP contribution in [0.4, 0.5) is 0 Å². The molecule has 1 aliphatic carbocycles. The summed E-state index contributed by atoms with van der Waals surface area (Å²) in [5.74, 6) is 0.481. The first-order chi connectivity index (χ1) is 14.2. The molecule has 0 atom stereocenters. The predicted molar refractivity (Wildman–Crippen MR) is 109 cm³/mol. The third-order valence-corrected chi connectivity index (χ3v) is 6.00. The van der Waals surface area contributed by atoms with Crippen LogP contribution in [0, 0.1) is 5.92 Å². The van der Waals surface area contributed by atoms with Gasteiger partial charge in [-0.15, -0.1) is 0 Å². The second-order valence-electron chi connectivity index (χ2n) is 8.00. The van der Waals surface area contributed by atoms with Gasteiger partial charge in [-0.3, -0.25) is 14.6 Å². The molecule has 5 rings (SSSR count). The van der Waals surface area contributed by atoms with Crippen molar-refractivity contribution in [2.45, 2.75) is 24.8 Å². The Balaban J connectivity index is 1.26. The van der Waals surface area contributed by atoms with Crippen molar-refractivity contribution >= 4 is 5.91 Å². The second-order valence-corrected chi connectivity index (χ2v) is 8.00. The lowest BCUT2D eigenvalue weighted by Gasteiger charge is -2.41. The van der Waals surface area contributed by atoms with Gasteiger partial charge in [0.15, 0.2) is 0 Å². The van der Waals surface area contributed by atoms with E-state index in [0.29, 0.717) is 19.6 Å². The molecule has 1 amide bonds. The Morgan fingerprint density at radius 3 is 2.41 bits per heavy atom. The number of pyridine rings is 1. The fraction of sp³-hybridized carbons (Fsp3) is 0.304. The predicted octanol–water partition coefficient (Wildman–Crippen LogP) is 2.50. The van der Waals surface area contributed by atoms with Crippen LogP contribution >= 0.6 is 0 Å². The highest BCUT2D eigenvalue weighted by Gasteiger charge is 2.54. The normalized spacial score (nSPS) is 17.6. The largest absolute Gasteiger partial charge is 0.341 e. The van der Waals surface area contributed by atoms with E-state index in [1.165, 1.54) is 4.68 Å². The van der Waals surface area contributed by atoms with E-state index in [-0.39, 0.29) is 22.8 Å². The SMILES string of the molecule is O=C(N1CC(Cn2nc(-c3ccncc3)ccc2=O)C1)C1(c2ccccc2)CC1. The highest BCUT2D eigenvalue weighted by molar-refractivity contribution is 5.91. The van der Waals surface area contributed by atoms with Crippen LogP contribution < -0.4 is 5.56 Å². The number of hydrogen-bond donors (Lipinski definition) is 0. The monoisotopic (exact) mass is 386 g/mol. The van der Waals surface area contributed by atoms with Crippen LogP contribution in [0.2, 0.25) is 0 Å². The van der Waals surface area contributed by atoms with E-state index in [1.807, 2.05) is 35.2 Å². The molecule has 0 spiro atoms. The number of likely N-dealkylation sites (tertiary alicyclic amines) is 1. The third-order valence-electron chi connectivity index (χ3n) is 6.00. The smallest absolute Gasteiger partial charge is 0.266 e. The summed E-state index contributed by atoms with van der Waals surface area (Å²) in [6.45, 7) is 1.89. The molecule has 3 heterocycles. The highest BCUT2D eigenvalue weighted by Crippen LogP contribution is 2.50. The number of carbonyl (C=O) groups is 1. The van der Waals surface area contributed by atoms with Gasteiger partial charge in [0.1, 0.15) is 0 Å². The molecule has 6 heteroatoms. The van der Waals surface area contributed by atoms with Crippen molar-refractivity contribution < 1.29 is 4.79 Å². The molecule has 2 aromatic heterocycles. The molecule has 6 nitrogen and oxygen atoms in total. The summed E-state index contributed by atoms with van der Waals surface area (Å²) < 4.78 is 1.52. The van der Waals surface area contributed by atoms with Gasteiger partial charge in [0.25, 0.3) is 5.56 Å². The van der Waals surface area contributed by atoms with E-state index in [4.69, 9.17) is 0 Å². The highest BCUT2D eigenvalue weighted by atomic mass is 16.2. The molecular weight excluding hydrogens is 364 g/mol. The van der Waals surface area contributed by atoms with Gasteiger partial charge in [-0.05, 0) is 36.6 Å². The summed E-state index contributed by atoms with van der Waals surface area (Å²) in [5, 5.41) is 4.52. The number of hydrogen-bond acceptors (Lipinski definition) is 4. The molecule has 1 saturated heterocycles. The van der Waals surface area contributed by atoms with Crippen molar-refractivity contribution in [2.24, 2.45) is 5.92 Å². The van der Waals surface area contributed by atoms with Gasteiger partial charge in [-0.1, -0.05) is 30.3 Å². The molecule has 2 fully saturated rings. The van der Waals surface area contributed by atoms with Crippen LogP contribution in [0.25, 0.3) is 11.3 Å². The summed E-state index contributed by atoms with van der Waals surface area (Å²) in [7, 11) is 0. The van der Waals surface area contributed by atoms with E-state index in [1.54, 1.807) is 24.5 Å². The minimum absolute atomic E-state index is 0.115. The molecule has 29 heavy (non-hydrogen) atoms. The maximum absolute atomic E-state index is 13.0. The Hall–Kier alpha value is -3.28. The minimum Gasteiger partial charge on any atom is -0.341 e. The first-order valence-corrected chi connectivity index (χ1v) is 9.99. The van der Waals surface area contributed by atoms with Gasteiger partial charge in [0, 0.05) is 43.0 Å². The van der Waals surface area contributed by atoms with Crippen molar-refractivity contribution in [1.29, 1.82) is 0 Å². The molecule has 0 N–H and O–H groups in total. The second kappa shape index (κ2) is 6.95. The zero-order chi connectivity index (χ0) is 19.8. The van der Waals surface area contributed by atoms with Crippen LogP contribution in [0.5, 0.6) is 0 Å². The van der Waals surface area contributed by atoms with Crippen LogP contribution in [0.15, 0.2) is 71.8 Å². The molecule has 2 aliphatic rings. The van der Waals surface area contributed by atoms with Crippen LogP contribution in [0.3, 0.4) is 0 Å². The van der Waals surface area contributed by atoms with Crippen molar-refractivity contribution in [3.63, 3.8) is 0 Å². The maximum Gasteiger partial charge on any atom is 0.266 e. The molecule has 146 valence electrons. The quantitative estimate of drug-likeness (QED) is 0.676. The lowest BCUT2D eigenvalue weighted by Crippen LogP contribution is -2.55. The van der Waals surface area contributed by atoms with Crippen molar-refractivity contribution in [1.82, 2.24) is 19.7 Å². The van der Waals surface area contributed by atoms with Gasteiger partial charge in [-0.2, -0.15) is 5.10 Å². The molecule has 0 radical (unpaired) electrons. The maximum atomic E-state index is 13.0. The first-order valence-electron chi connectivity index (χ1n) is 9.99. The Labute approximate surface area is 168 Å². The number of carbonyl (C=O) groups excluding carboxylic acids is 1. The van der Waals surface area contributed by atoms with Crippen LogP contribution in [0.1, 0.15) is 18.4 Å². The number of benzene rings is 1. The van der Waals surface area contributed by atoms with Crippen molar-refractivity contribution in [2.75, 3.05) is 13.1 Å². The van der Waals surface area contributed by atoms with E-state index in [0.717, 1.165) is 29.7 Å². The van der Waals surface area contributed by atoms with Crippen molar-refractivity contribution in [3.8, 4) is 11.3 Å². The Morgan fingerprint density at radius 2 is 1.72 bits per heavy atom. The fourth-order valence-corrected chi connectivity index (χ4v) is 4.16. The van der Waals surface area contributed by atoms with Crippen molar-refractivity contribution in [3.05, 3.63) is 82.9 Å². The summed E-state index contributed by atoms with van der Waals surface area (Å²) >= 11 is 0. The standard InChI is InChI=1S/C23H22N4O2/c28-21-7-6-20(18-8-12-24-13-9-18)25-27(21)16-17-14-26(15-17)22(29)23(10-11-23)19-4-2-1-3-5-19/h1-9,12-13,17H,10-11,14-16H2. The number of amides is 1. The fourth-order valence-electron chi connectivity index (χ4n) is 4.16. The van der Waals surface area contributed by atoms with Gasteiger partial charge in [0.05, 0.1) is 17.7 Å². The number of rotatable bonds is 5. The van der Waals surface area contributed by atoms with Gasteiger partial charge in [0.2, 0.25) is 5.91 Å². The summed E-state index contributed by atoms with van der Waals surface area (Å²) in [5.41, 5.74) is 2.37. The van der Waals surface area contributed by atoms with E-state index in [9.17, 15) is 9.59 Å². The molecule has 0 unspecified atom stereocenters. The zero-order valence-corrected chi connectivity index (χ0v) is 16.1. The van der Waals surface area contributed by atoms with Crippen LogP contribution in [-0.4, -0.2) is 38.7 Å². The summed E-state index contributed by atoms with van der Waals surface area (Å²) in [6.07, 6.45) is 5.27. The molecule has 1 aromatic carbocycles. The lowest BCUT2D eigenvalue weighted by molar-refractivity contribution is -0.140. The Morgan fingerprint density at radius 1 is 1.00 bits per heavy atom. The molecule has 3 aromatic rings. The Kier molecular flexibility index (Phi) is 4.27. The molecule has 1 saturated carbocycles. The third kappa shape index (κ3) is 3.24. The average Bonchev–Trinajstić information content (AvgIpc) is 3.54. The topological polar surface area (TPSA) is 68.1 Å². The summed E-state index contributed by atoms with van der Waals surface area (Å²) in [6, 6.07) is 17.1. The summed E-state index contributed by atoms with van der Waals surface area (Å²) in [4.78, 5) is 31.3. The van der Waals surface area contributed by atoms with Crippen LogP contribution in [-0.2, 0) is 16.8 Å². The van der Waals surface area contributed by atoms with E-state index < -0.39 is 0 Å². The lowest BCUT2D eigenvalue weighted by atomic mass is 9.90. The van der Waals surface area contributed by atoms with Gasteiger partial charge in [-0.25, -0.2) is 4.68 Å². The molecule has 1 aliphatic heterocycles. The Bertz CT molecular complexity index is 1080. The molecule has 0 bridgehead atoms. The van der Waals surface area contributed by atoms with E-state index >= 15 is 0 Å². The first kappa shape index (κ1) is 17.8.